The molecule has 6 heteroatoms. The molecule has 5 nitrogen and oxygen atoms in total. The van der Waals surface area contributed by atoms with E-state index < -0.39 is 21.5 Å². The van der Waals surface area contributed by atoms with Gasteiger partial charge in [0.05, 0.1) is 23.7 Å². The molecule has 2 bridgehead atoms. The highest BCUT2D eigenvalue weighted by Gasteiger charge is 2.65. The zero-order chi connectivity index (χ0) is 17.1. The molecule has 1 aromatic carbocycles. The van der Waals surface area contributed by atoms with Gasteiger partial charge >= 0.3 is 0 Å². The first kappa shape index (κ1) is 16.5. The van der Waals surface area contributed by atoms with Gasteiger partial charge in [-0.05, 0) is 44.7 Å². The molecule has 5 rings (SSSR count). The van der Waals surface area contributed by atoms with Crippen LogP contribution in [0.25, 0.3) is 0 Å². The second-order valence-corrected chi connectivity index (χ2v) is 9.27. The summed E-state index contributed by atoms with van der Waals surface area (Å²) in [4.78, 5) is 0.212. The third-order valence-electron chi connectivity index (χ3n) is 6.09. The second-order valence-electron chi connectivity index (χ2n) is 7.72. The Balaban J connectivity index is 1.63. The monoisotopic (exact) mass is 352 g/mol. The molecule has 1 aliphatic heterocycles. The molecule has 0 atom stereocenters. The molecule has 1 aromatic rings. The van der Waals surface area contributed by atoms with E-state index in [-0.39, 0.29) is 10.3 Å². The summed E-state index contributed by atoms with van der Waals surface area (Å²) in [5.41, 5.74) is 0.249. The summed E-state index contributed by atoms with van der Waals surface area (Å²) in [5.74, 6) is -0.688. The minimum absolute atomic E-state index is 0.0533. The maximum Gasteiger partial charge on any atom is 0.297 e. The van der Waals surface area contributed by atoms with Crippen molar-refractivity contribution >= 4 is 10.1 Å². The Morgan fingerprint density at radius 2 is 1.58 bits per heavy atom. The van der Waals surface area contributed by atoms with E-state index >= 15 is 0 Å². The minimum atomic E-state index is -3.80. The average molecular weight is 352 g/mol. The van der Waals surface area contributed by atoms with Crippen LogP contribution in [0.5, 0.6) is 0 Å². The molecule has 24 heavy (non-hydrogen) atoms. The van der Waals surface area contributed by atoms with Crippen molar-refractivity contribution in [3.63, 3.8) is 0 Å². The predicted molar refractivity (Wildman–Crippen MR) is 88.0 cm³/mol. The molecule has 1 heterocycles. The molecular weight excluding hydrogens is 328 g/mol. The highest BCUT2D eigenvalue weighted by atomic mass is 32.2. The third-order valence-corrected chi connectivity index (χ3v) is 7.51. The zero-order valence-corrected chi connectivity index (χ0v) is 15.0. The average Bonchev–Trinajstić information content (AvgIpc) is 2.99. The molecule has 3 aliphatic carbocycles. The van der Waals surface area contributed by atoms with Gasteiger partial charge in [0.2, 0.25) is 0 Å². The van der Waals surface area contributed by atoms with Crippen molar-refractivity contribution < 1.29 is 22.1 Å². The number of benzene rings is 1. The molecule has 1 spiro atoms. The molecule has 4 fully saturated rings. The van der Waals surface area contributed by atoms with Crippen LogP contribution in [0.4, 0.5) is 0 Å². The number of hydrogen-bond acceptors (Lipinski definition) is 5. The Hall–Kier alpha value is -0.950. The van der Waals surface area contributed by atoms with E-state index in [1.54, 1.807) is 24.3 Å². The van der Waals surface area contributed by atoms with Gasteiger partial charge in [-0.25, -0.2) is 0 Å². The maximum atomic E-state index is 12.8. The van der Waals surface area contributed by atoms with Crippen molar-refractivity contribution in [1.82, 2.24) is 0 Å². The topological polar surface area (TPSA) is 61.8 Å². The highest BCUT2D eigenvalue weighted by molar-refractivity contribution is 7.86. The number of ether oxygens (including phenoxy) is 2. The summed E-state index contributed by atoms with van der Waals surface area (Å²) >= 11 is 0. The van der Waals surface area contributed by atoms with E-state index in [0.717, 1.165) is 31.2 Å². The van der Waals surface area contributed by atoms with Crippen LogP contribution in [0.15, 0.2) is 29.2 Å². The first-order chi connectivity index (χ1) is 11.3. The Labute approximate surface area is 143 Å². The van der Waals surface area contributed by atoms with E-state index in [9.17, 15) is 8.42 Å². The summed E-state index contributed by atoms with van der Waals surface area (Å²) in [5, 5.41) is 0. The van der Waals surface area contributed by atoms with Crippen molar-refractivity contribution in [2.24, 2.45) is 5.41 Å². The number of hydrogen-bond donors (Lipinski definition) is 0. The van der Waals surface area contributed by atoms with Gasteiger partial charge in [-0.1, -0.05) is 24.6 Å². The summed E-state index contributed by atoms with van der Waals surface area (Å²) in [6.07, 6.45) is 3.65. The highest BCUT2D eigenvalue weighted by Crippen LogP contribution is 2.62. The quantitative estimate of drug-likeness (QED) is 0.782. The van der Waals surface area contributed by atoms with E-state index in [2.05, 4.69) is 6.92 Å². The summed E-state index contributed by atoms with van der Waals surface area (Å²) in [6, 6.07) is 6.79. The van der Waals surface area contributed by atoms with Crippen LogP contribution in [0.2, 0.25) is 0 Å². The SMILES string of the molecule is Cc1ccc(S(=O)(=O)OC23CCC(C)(CC2)C2(C3)OCCO2)cc1. The van der Waals surface area contributed by atoms with Crippen molar-refractivity contribution in [2.75, 3.05) is 13.2 Å². The first-order valence-corrected chi connectivity index (χ1v) is 9.99. The standard InChI is InChI=1S/C18H24O5S/c1-14-3-5-15(6-4-14)24(19,20)23-17-9-7-16(2,8-10-17)18(13-17)21-11-12-22-18/h3-6H,7-13H2,1-2H3. The molecule has 0 radical (unpaired) electrons. The van der Waals surface area contributed by atoms with Crippen LogP contribution in [0.1, 0.15) is 44.6 Å². The fraction of sp³-hybridized carbons (Fsp3) is 0.667. The zero-order valence-electron chi connectivity index (χ0n) is 14.2. The van der Waals surface area contributed by atoms with Gasteiger partial charge in [0.15, 0.2) is 5.79 Å². The largest absolute Gasteiger partial charge is 0.347 e. The van der Waals surface area contributed by atoms with Crippen LogP contribution in [-0.2, 0) is 23.8 Å². The molecular formula is C18H24O5S. The van der Waals surface area contributed by atoms with E-state index in [1.807, 2.05) is 6.92 Å². The van der Waals surface area contributed by atoms with E-state index in [0.29, 0.717) is 19.6 Å². The Bertz CT molecular complexity index is 723. The number of fused-ring (bicyclic) bond motifs is 2. The minimum Gasteiger partial charge on any atom is -0.347 e. The van der Waals surface area contributed by atoms with Crippen LogP contribution in [0, 0.1) is 12.3 Å². The van der Waals surface area contributed by atoms with Gasteiger partial charge in [-0.15, -0.1) is 0 Å². The Kier molecular flexibility index (Phi) is 3.63. The normalized spacial score (nSPS) is 34.8. The molecule has 3 saturated carbocycles. The lowest BCUT2D eigenvalue weighted by Gasteiger charge is -2.59. The van der Waals surface area contributed by atoms with E-state index in [4.69, 9.17) is 13.7 Å². The predicted octanol–water partition coefficient (Wildman–Crippen LogP) is 3.17. The van der Waals surface area contributed by atoms with Crippen molar-refractivity contribution in [2.45, 2.75) is 62.2 Å². The molecule has 0 amide bonds. The maximum absolute atomic E-state index is 12.8. The summed E-state index contributed by atoms with van der Waals surface area (Å²) < 4.78 is 43.3. The molecule has 132 valence electrons. The Morgan fingerprint density at radius 3 is 2.17 bits per heavy atom. The smallest absolute Gasteiger partial charge is 0.297 e. The van der Waals surface area contributed by atoms with Crippen molar-refractivity contribution in [3.05, 3.63) is 29.8 Å². The van der Waals surface area contributed by atoms with Gasteiger partial charge in [0.1, 0.15) is 0 Å². The van der Waals surface area contributed by atoms with Gasteiger partial charge in [0, 0.05) is 11.8 Å². The third kappa shape index (κ3) is 2.43. The molecule has 4 aliphatic rings. The van der Waals surface area contributed by atoms with Crippen LogP contribution in [-0.4, -0.2) is 33.0 Å². The second kappa shape index (κ2) is 5.27. The lowest BCUT2D eigenvalue weighted by atomic mass is 9.56. The number of rotatable bonds is 3. The lowest BCUT2D eigenvalue weighted by molar-refractivity contribution is -0.304. The van der Waals surface area contributed by atoms with Gasteiger partial charge in [-0.2, -0.15) is 8.42 Å². The van der Waals surface area contributed by atoms with Crippen LogP contribution >= 0.6 is 0 Å². The molecule has 0 N–H and O–H groups in total. The van der Waals surface area contributed by atoms with Crippen molar-refractivity contribution in [1.29, 1.82) is 0 Å². The summed E-state index contributed by atoms with van der Waals surface area (Å²) in [6.45, 7) is 5.25. The Morgan fingerprint density at radius 1 is 1.00 bits per heavy atom. The van der Waals surface area contributed by atoms with Gasteiger partial charge < -0.3 is 9.47 Å². The molecule has 0 aromatic heterocycles. The summed E-state index contributed by atoms with van der Waals surface area (Å²) in [7, 11) is -3.80. The molecule has 0 unspecified atom stereocenters. The lowest BCUT2D eigenvalue weighted by Crippen LogP contribution is -2.63. The van der Waals surface area contributed by atoms with Crippen LogP contribution < -0.4 is 0 Å². The number of aryl methyl sites for hydroxylation is 1. The first-order valence-electron chi connectivity index (χ1n) is 8.59. The van der Waals surface area contributed by atoms with E-state index in [1.165, 1.54) is 0 Å². The fourth-order valence-corrected chi connectivity index (χ4v) is 5.71. The fourth-order valence-electron chi connectivity index (χ4n) is 4.46. The molecule has 1 saturated heterocycles. The van der Waals surface area contributed by atoms with Crippen LogP contribution in [0.3, 0.4) is 0 Å². The van der Waals surface area contributed by atoms with Crippen molar-refractivity contribution in [3.8, 4) is 0 Å². The van der Waals surface area contributed by atoms with Gasteiger partial charge in [0.25, 0.3) is 10.1 Å². The van der Waals surface area contributed by atoms with Gasteiger partial charge in [-0.3, -0.25) is 4.18 Å².